The van der Waals surface area contributed by atoms with Gasteiger partial charge >= 0.3 is 0 Å². The van der Waals surface area contributed by atoms with Gasteiger partial charge in [0.05, 0.1) is 17.8 Å². The van der Waals surface area contributed by atoms with Gasteiger partial charge in [-0.25, -0.2) is 0 Å². The van der Waals surface area contributed by atoms with Crippen LogP contribution in [0.5, 0.6) is 0 Å². The summed E-state index contributed by atoms with van der Waals surface area (Å²) in [6.07, 6.45) is 1.34. The summed E-state index contributed by atoms with van der Waals surface area (Å²) in [5.74, 6) is 0. The van der Waals surface area contributed by atoms with E-state index in [9.17, 15) is 5.11 Å². The van der Waals surface area contributed by atoms with E-state index in [1.54, 1.807) is 0 Å². The summed E-state index contributed by atoms with van der Waals surface area (Å²) in [6, 6.07) is 4.32. The van der Waals surface area contributed by atoms with Crippen LogP contribution in [0, 0.1) is 20.8 Å². The van der Waals surface area contributed by atoms with E-state index >= 15 is 0 Å². The third kappa shape index (κ3) is 2.45. The molecule has 1 aromatic carbocycles. The number of aryl methyl sites for hydroxylation is 3. The van der Waals surface area contributed by atoms with Crippen LogP contribution in [0.25, 0.3) is 0 Å². The lowest BCUT2D eigenvalue weighted by molar-refractivity contribution is -0.148. The van der Waals surface area contributed by atoms with Crippen molar-refractivity contribution in [3.05, 3.63) is 34.4 Å². The highest BCUT2D eigenvalue weighted by atomic mass is 16.5. The van der Waals surface area contributed by atoms with Crippen molar-refractivity contribution >= 4 is 0 Å². The summed E-state index contributed by atoms with van der Waals surface area (Å²) in [4.78, 5) is 0. The molecule has 2 nitrogen and oxygen atoms in total. The van der Waals surface area contributed by atoms with Gasteiger partial charge in [0.25, 0.3) is 0 Å². The number of benzene rings is 1. The lowest BCUT2D eigenvalue weighted by atomic mass is 9.77. The Kier molecular flexibility index (Phi) is 3.28. The number of hydrogen-bond donors (Lipinski definition) is 1. The molecule has 1 unspecified atom stereocenters. The van der Waals surface area contributed by atoms with Gasteiger partial charge in [-0.3, -0.25) is 0 Å². The molecule has 18 heavy (non-hydrogen) atoms. The Bertz CT molecular complexity index is 462. The normalized spacial score (nSPS) is 27.2. The Hall–Kier alpha value is -0.860. The molecule has 0 radical (unpaired) electrons. The minimum Gasteiger partial charge on any atom is -0.385 e. The number of aliphatic hydroxyl groups is 1. The highest BCUT2D eigenvalue weighted by Crippen LogP contribution is 2.41. The summed E-state index contributed by atoms with van der Waals surface area (Å²) in [7, 11) is 0. The Morgan fingerprint density at radius 2 is 1.67 bits per heavy atom. The van der Waals surface area contributed by atoms with Crippen LogP contribution in [0.1, 0.15) is 48.9 Å². The maximum Gasteiger partial charge on any atom is 0.0948 e. The molecule has 0 spiro atoms. The first-order valence-electron chi connectivity index (χ1n) is 6.68. The fourth-order valence-electron chi connectivity index (χ4n) is 3.03. The Morgan fingerprint density at radius 1 is 1.06 bits per heavy atom. The van der Waals surface area contributed by atoms with Gasteiger partial charge in [-0.2, -0.15) is 0 Å². The lowest BCUT2D eigenvalue weighted by Crippen LogP contribution is -2.44. The molecule has 1 atom stereocenters. The summed E-state index contributed by atoms with van der Waals surface area (Å²) < 4.78 is 5.72. The largest absolute Gasteiger partial charge is 0.385 e. The summed E-state index contributed by atoms with van der Waals surface area (Å²) in [6.45, 7) is 11.0. The lowest BCUT2D eigenvalue weighted by Gasteiger charge is -2.42. The molecular weight excluding hydrogens is 224 g/mol. The quantitative estimate of drug-likeness (QED) is 0.825. The Morgan fingerprint density at radius 3 is 2.28 bits per heavy atom. The maximum absolute atomic E-state index is 11.0. The number of ether oxygens (including phenoxy) is 1. The predicted molar refractivity (Wildman–Crippen MR) is 73.8 cm³/mol. The van der Waals surface area contributed by atoms with Crippen molar-refractivity contribution in [2.24, 2.45) is 0 Å². The summed E-state index contributed by atoms with van der Waals surface area (Å²) in [5, 5.41) is 11.0. The van der Waals surface area contributed by atoms with E-state index in [-0.39, 0.29) is 5.60 Å². The molecular formula is C16H24O2. The van der Waals surface area contributed by atoms with E-state index < -0.39 is 5.60 Å². The van der Waals surface area contributed by atoms with E-state index in [1.165, 1.54) is 16.7 Å². The van der Waals surface area contributed by atoms with Crippen LogP contribution in [-0.4, -0.2) is 17.3 Å². The topological polar surface area (TPSA) is 29.5 Å². The molecule has 2 rings (SSSR count). The van der Waals surface area contributed by atoms with Gasteiger partial charge in [0, 0.05) is 12.8 Å². The number of rotatable bonds is 1. The summed E-state index contributed by atoms with van der Waals surface area (Å²) >= 11 is 0. The van der Waals surface area contributed by atoms with Crippen molar-refractivity contribution in [2.45, 2.75) is 58.7 Å². The SMILES string of the molecule is Cc1cc(C)c(C2(O)CCOC(C)(C)C2)cc1C. The standard InChI is InChI=1S/C16H24O2/c1-11-8-13(3)14(9-12(11)2)16(17)6-7-18-15(4,5)10-16/h8-9,17H,6-7,10H2,1-5H3. The molecule has 0 aromatic heterocycles. The van der Waals surface area contributed by atoms with E-state index in [4.69, 9.17) is 4.74 Å². The highest BCUT2D eigenvalue weighted by Gasteiger charge is 2.41. The van der Waals surface area contributed by atoms with Gasteiger partial charge in [0.2, 0.25) is 0 Å². The molecule has 1 aliphatic rings. The van der Waals surface area contributed by atoms with Crippen LogP contribution in [-0.2, 0) is 10.3 Å². The molecule has 0 amide bonds. The van der Waals surface area contributed by atoms with Gasteiger partial charge in [-0.15, -0.1) is 0 Å². The predicted octanol–water partition coefficient (Wildman–Crippen LogP) is 3.39. The smallest absolute Gasteiger partial charge is 0.0948 e. The first kappa shape index (κ1) is 13.6. The van der Waals surface area contributed by atoms with Crippen LogP contribution in [0.2, 0.25) is 0 Å². The molecule has 1 N–H and O–H groups in total. The molecule has 1 aromatic rings. The molecule has 1 fully saturated rings. The zero-order valence-electron chi connectivity index (χ0n) is 12.1. The van der Waals surface area contributed by atoms with Crippen molar-refractivity contribution in [2.75, 3.05) is 6.61 Å². The van der Waals surface area contributed by atoms with Crippen LogP contribution in [0.3, 0.4) is 0 Å². The van der Waals surface area contributed by atoms with Gasteiger partial charge in [-0.05, 0) is 56.9 Å². The summed E-state index contributed by atoms with van der Waals surface area (Å²) in [5.41, 5.74) is 3.78. The Balaban J connectivity index is 2.44. The monoisotopic (exact) mass is 248 g/mol. The van der Waals surface area contributed by atoms with Crippen molar-refractivity contribution in [1.29, 1.82) is 0 Å². The van der Waals surface area contributed by atoms with Gasteiger partial charge in [0.1, 0.15) is 0 Å². The number of hydrogen-bond acceptors (Lipinski definition) is 2. The fourth-order valence-corrected chi connectivity index (χ4v) is 3.03. The van der Waals surface area contributed by atoms with Crippen molar-refractivity contribution in [1.82, 2.24) is 0 Å². The van der Waals surface area contributed by atoms with Gasteiger partial charge < -0.3 is 9.84 Å². The van der Waals surface area contributed by atoms with E-state index in [0.717, 1.165) is 5.56 Å². The van der Waals surface area contributed by atoms with Gasteiger partial charge in [-0.1, -0.05) is 12.1 Å². The minimum absolute atomic E-state index is 0.252. The van der Waals surface area contributed by atoms with E-state index in [2.05, 4.69) is 32.9 Å². The second-order valence-corrected chi connectivity index (χ2v) is 6.32. The molecule has 100 valence electrons. The van der Waals surface area contributed by atoms with Crippen LogP contribution in [0.4, 0.5) is 0 Å². The molecule has 1 saturated heterocycles. The molecule has 1 aliphatic heterocycles. The first-order chi connectivity index (χ1) is 8.23. The van der Waals surface area contributed by atoms with Crippen LogP contribution < -0.4 is 0 Å². The average molecular weight is 248 g/mol. The molecule has 0 bridgehead atoms. The second-order valence-electron chi connectivity index (χ2n) is 6.32. The zero-order valence-corrected chi connectivity index (χ0v) is 12.1. The van der Waals surface area contributed by atoms with Crippen molar-refractivity contribution in [3.63, 3.8) is 0 Å². The third-order valence-corrected chi connectivity index (χ3v) is 4.07. The van der Waals surface area contributed by atoms with Crippen LogP contribution in [0.15, 0.2) is 12.1 Å². The molecule has 1 heterocycles. The zero-order chi connectivity index (χ0) is 13.6. The van der Waals surface area contributed by atoms with E-state index in [0.29, 0.717) is 19.4 Å². The molecule has 0 aliphatic carbocycles. The van der Waals surface area contributed by atoms with Crippen LogP contribution >= 0.6 is 0 Å². The first-order valence-corrected chi connectivity index (χ1v) is 6.68. The van der Waals surface area contributed by atoms with E-state index in [1.807, 2.05) is 13.8 Å². The third-order valence-electron chi connectivity index (χ3n) is 4.07. The van der Waals surface area contributed by atoms with Crippen molar-refractivity contribution < 1.29 is 9.84 Å². The van der Waals surface area contributed by atoms with Gasteiger partial charge in [0.15, 0.2) is 0 Å². The highest BCUT2D eigenvalue weighted by molar-refractivity contribution is 5.40. The molecule has 0 saturated carbocycles. The Labute approximate surface area is 110 Å². The minimum atomic E-state index is -0.746. The molecule has 2 heteroatoms. The maximum atomic E-state index is 11.0. The van der Waals surface area contributed by atoms with Crippen molar-refractivity contribution in [3.8, 4) is 0 Å². The second kappa shape index (κ2) is 4.36. The fraction of sp³-hybridized carbons (Fsp3) is 0.625. The average Bonchev–Trinajstić information content (AvgIpc) is 2.21.